The summed E-state index contributed by atoms with van der Waals surface area (Å²) in [6.07, 6.45) is 2.63. The average Bonchev–Trinajstić information content (AvgIpc) is 2.14. The number of alkyl halides is 3. The molecule has 0 N–H and O–H groups in total. The maximum atomic E-state index is 11.8. The minimum absolute atomic E-state index is 0.0126. The van der Waals surface area contributed by atoms with Crippen molar-refractivity contribution in [3.8, 4) is 17.6 Å². The predicted octanol–water partition coefficient (Wildman–Crippen LogP) is 2.27. The summed E-state index contributed by atoms with van der Waals surface area (Å²) in [6.45, 7) is -2.85. The molecule has 1 heterocycles. The molecule has 0 saturated carbocycles. The summed E-state index contributed by atoms with van der Waals surface area (Å²) in [5.41, 5.74) is 0.490. The molecule has 0 bridgehead atoms. The van der Waals surface area contributed by atoms with Crippen LogP contribution in [0.15, 0.2) is 18.5 Å². The van der Waals surface area contributed by atoms with Gasteiger partial charge in [0.2, 0.25) is 0 Å². The second-order valence-electron chi connectivity index (χ2n) is 2.22. The smallest absolute Gasteiger partial charge is 0.387 e. The van der Waals surface area contributed by atoms with E-state index in [1.54, 1.807) is 0 Å². The fraction of sp³-hybridized carbons (Fsp3) is 0.222. The quantitative estimate of drug-likeness (QED) is 0.560. The second-order valence-corrected chi connectivity index (χ2v) is 2.49. The third-order valence-corrected chi connectivity index (χ3v) is 1.37. The van der Waals surface area contributed by atoms with Crippen LogP contribution in [0.1, 0.15) is 5.56 Å². The lowest BCUT2D eigenvalue weighted by atomic mass is 10.3. The van der Waals surface area contributed by atoms with E-state index in [1.807, 2.05) is 0 Å². The Morgan fingerprint density at radius 2 is 2.29 bits per heavy atom. The Morgan fingerprint density at radius 3 is 2.93 bits per heavy atom. The fourth-order valence-electron chi connectivity index (χ4n) is 0.790. The van der Waals surface area contributed by atoms with Crippen LogP contribution in [0.2, 0.25) is 0 Å². The predicted molar refractivity (Wildman–Crippen MR) is 48.5 cm³/mol. The van der Waals surface area contributed by atoms with Gasteiger partial charge in [-0.2, -0.15) is 8.78 Å². The average molecular weight is 218 g/mol. The Kier molecular flexibility index (Phi) is 4.14. The molecule has 0 saturated heterocycles. The molecule has 74 valence electrons. The van der Waals surface area contributed by atoms with Gasteiger partial charge in [-0.1, -0.05) is 11.8 Å². The Hall–Kier alpha value is -1.34. The fourth-order valence-corrected chi connectivity index (χ4v) is 0.857. The largest absolute Gasteiger partial charge is 0.433 e. The highest BCUT2D eigenvalue weighted by molar-refractivity contribution is 6.19. The van der Waals surface area contributed by atoms with Crippen molar-refractivity contribution >= 4 is 11.6 Å². The van der Waals surface area contributed by atoms with Crippen molar-refractivity contribution in [1.82, 2.24) is 4.98 Å². The van der Waals surface area contributed by atoms with Crippen molar-refractivity contribution in [2.24, 2.45) is 0 Å². The zero-order valence-corrected chi connectivity index (χ0v) is 7.76. The Labute approximate surface area is 84.9 Å². The van der Waals surface area contributed by atoms with Crippen LogP contribution in [0.4, 0.5) is 8.78 Å². The molecule has 14 heavy (non-hydrogen) atoms. The Morgan fingerprint density at radius 1 is 1.50 bits per heavy atom. The van der Waals surface area contributed by atoms with Gasteiger partial charge in [0, 0.05) is 11.8 Å². The number of nitrogens with zero attached hydrogens (tertiary/aromatic N) is 1. The number of hydrogen-bond donors (Lipinski definition) is 0. The molecule has 0 radical (unpaired) electrons. The minimum Gasteiger partial charge on any atom is -0.433 e. The van der Waals surface area contributed by atoms with Gasteiger partial charge < -0.3 is 4.74 Å². The molecular formula is C9H6ClF2NO. The molecule has 2 nitrogen and oxygen atoms in total. The van der Waals surface area contributed by atoms with E-state index in [9.17, 15) is 8.78 Å². The first kappa shape index (κ1) is 10.7. The van der Waals surface area contributed by atoms with Gasteiger partial charge in [-0.3, -0.25) is 4.98 Å². The molecule has 1 aromatic rings. The van der Waals surface area contributed by atoms with Crippen molar-refractivity contribution in [3.05, 3.63) is 24.0 Å². The number of hydrogen-bond acceptors (Lipinski definition) is 2. The molecule has 0 aromatic carbocycles. The van der Waals surface area contributed by atoms with Crippen LogP contribution in [0.3, 0.4) is 0 Å². The standard InChI is InChI=1S/C9H6ClF2NO/c10-3-1-2-7-4-8(6-13-5-7)14-9(11)12/h4-6,9H,3H2. The topological polar surface area (TPSA) is 22.1 Å². The van der Waals surface area contributed by atoms with Crippen LogP contribution >= 0.6 is 11.6 Å². The Balaban J connectivity index is 2.78. The molecular weight excluding hydrogens is 212 g/mol. The third kappa shape index (κ3) is 3.58. The summed E-state index contributed by atoms with van der Waals surface area (Å²) in [5.74, 6) is 5.38. The molecule has 0 unspecified atom stereocenters. The third-order valence-electron chi connectivity index (χ3n) is 1.24. The number of ether oxygens (including phenoxy) is 1. The summed E-state index contributed by atoms with van der Waals surface area (Å²) in [7, 11) is 0. The first-order valence-electron chi connectivity index (χ1n) is 3.67. The Bertz CT molecular complexity index is 359. The SMILES string of the molecule is FC(F)Oc1cncc(C#CCCl)c1. The highest BCUT2D eigenvalue weighted by atomic mass is 35.5. The zero-order chi connectivity index (χ0) is 10.4. The van der Waals surface area contributed by atoms with E-state index in [0.29, 0.717) is 5.56 Å². The molecule has 0 amide bonds. The minimum atomic E-state index is -2.85. The molecule has 0 aliphatic carbocycles. The number of rotatable bonds is 2. The lowest BCUT2D eigenvalue weighted by Gasteiger charge is -2.02. The molecule has 0 aliphatic rings. The van der Waals surface area contributed by atoms with Gasteiger partial charge in [-0.25, -0.2) is 0 Å². The van der Waals surface area contributed by atoms with E-state index in [0.717, 1.165) is 0 Å². The highest BCUT2D eigenvalue weighted by Gasteiger charge is 2.03. The van der Waals surface area contributed by atoms with E-state index < -0.39 is 6.61 Å². The van der Waals surface area contributed by atoms with Gasteiger partial charge >= 0.3 is 6.61 Å². The zero-order valence-electron chi connectivity index (χ0n) is 7.01. The molecule has 5 heteroatoms. The maximum Gasteiger partial charge on any atom is 0.387 e. The van der Waals surface area contributed by atoms with Crippen LogP contribution in [0.5, 0.6) is 5.75 Å². The van der Waals surface area contributed by atoms with E-state index in [1.165, 1.54) is 18.5 Å². The van der Waals surface area contributed by atoms with Gasteiger partial charge in [-0.05, 0) is 6.07 Å². The molecule has 0 fully saturated rings. The first-order valence-corrected chi connectivity index (χ1v) is 4.20. The van der Waals surface area contributed by atoms with Crippen LogP contribution < -0.4 is 4.74 Å². The van der Waals surface area contributed by atoms with Crippen molar-refractivity contribution in [1.29, 1.82) is 0 Å². The van der Waals surface area contributed by atoms with Crippen molar-refractivity contribution in [2.45, 2.75) is 6.61 Å². The molecule has 0 aliphatic heterocycles. The molecule has 0 atom stereocenters. The van der Waals surface area contributed by atoms with Crippen LogP contribution in [-0.2, 0) is 0 Å². The lowest BCUT2D eigenvalue weighted by Crippen LogP contribution is -2.02. The summed E-state index contributed by atoms with van der Waals surface area (Å²) in [5, 5.41) is 0. The van der Waals surface area contributed by atoms with Crippen molar-refractivity contribution < 1.29 is 13.5 Å². The van der Waals surface area contributed by atoms with Gasteiger partial charge in [0.25, 0.3) is 0 Å². The second kappa shape index (κ2) is 5.40. The maximum absolute atomic E-state index is 11.8. The molecule has 0 spiro atoms. The molecule has 1 aromatic heterocycles. The van der Waals surface area contributed by atoms with Crippen LogP contribution in [-0.4, -0.2) is 17.5 Å². The van der Waals surface area contributed by atoms with Crippen LogP contribution in [0, 0.1) is 11.8 Å². The lowest BCUT2D eigenvalue weighted by molar-refractivity contribution is -0.0500. The van der Waals surface area contributed by atoms with Gasteiger partial charge in [0.05, 0.1) is 12.1 Å². The van der Waals surface area contributed by atoms with E-state index in [2.05, 4.69) is 21.6 Å². The van der Waals surface area contributed by atoms with Gasteiger partial charge in [0.1, 0.15) is 5.75 Å². The van der Waals surface area contributed by atoms with Crippen molar-refractivity contribution in [3.63, 3.8) is 0 Å². The highest BCUT2D eigenvalue weighted by Crippen LogP contribution is 2.13. The number of halogens is 3. The van der Waals surface area contributed by atoms with Gasteiger partial charge in [-0.15, -0.1) is 11.6 Å². The normalized spacial score (nSPS) is 9.43. The van der Waals surface area contributed by atoms with Gasteiger partial charge in [0.15, 0.2) is 0 Å². The monoisotopic (exact) mass is 217 g/mol. The van der Waals surface area contributed by atoms with Crippen molar-refractivity contribution in [2.75, 3.05) is 5.88 Å². The van der Waals surface area contributed by atoms with E-state index >= 15 is 0 Å². The molecule has 1 rings (SSSR count). The number of aromatic nitrogens is 1. The summed E-state index contributed by atoms with van der Waals surface area (Å²) in [4.78, 5) is 3.69. The van der Waals surface area contributed by atoms with E-state index in [-0.39, 0.29) is 11.6 Å². The first-order chi connectivity index (χ1) is 6.72. The summed E-state index contributed by atoms with van der Waals surface area (Å²) < 4.78 is 27.7. The van der Waals surface area contributed by atoms with Crippen LogP contribution in [0.25, 0.3) is 0 Å². The number of pyridine rings is 1. The van der Waals surface area contributed by atoms with E-state index in [4.69, 9.17) is 11.6 Å². The summed E-state index contributed by atoms with van der Waals surface area (Å²) in [6, 6.07) is 1.37. The summed E-state index contributed by atoms with van der Waals surface area (Å²) >= 11 is 5.33.